The van der Waals surface area contributed by atoms with E-state index in [1.165, 1.54) is 13.8 Å². The summed E-state index contributed by atoms with van der Waals surface area (Å²) in [6.45, 7) is 2.97. The second kappa shape index (κ2) is 5.61. The highest BCUT2D eigenvalue weighted by Gasteiger charge is 2.10. The summed E-state index contributed by atoms with van der Waals surface area (Å²) in [5.74, 6) is -0.195. The van der Waals surface area contributed by atoms with Crippen molar-refractivity contribution in [2.24, 2.45) is 0 Å². The van der Waals surface area contributed by atoms with Crippen LogP contribution in [0.25, 0.3) is 0 Å². The highest BCUT2D eigenvalue weighted by Crippen LogP contribution is 2.13. The second-order valence-corrected chi connectivity index (χ2v) is 4.60. The van der Waals surface area contributed by atoms with Gasteiger partial charge in [0.05, 0.1) is 0 Å². The zero-order chi connectivity index (χ0) is 14.7. The standard InChI is InChI=1S/C17H14O3/c1-11(18)13-3-7-15(8-4-13)17(20)16-9-5-14(6-10-16)12(2)19/h3-10H,1-2H3. The first-order valence-electron chi connectivity index (χ1n) is 6.26. The molecule has 0 aromatic heterocycles. The van der Waals surface area contributed by atoms with Crippen molar-refractivity contribution in [1.82, 2.24) is 0 Å². The largest absolute Gasteiger partial charge is 0.295 e. The molecule has 3 nitrogen and oxygen atoms in total. The fourth-order valence-electron chi connectivity index (χ4n) is 1.88. The van der Waals surface area contributed by atoms with Gasteiger partial charge in [-0.2, -0.15) is 0 Å². The maximum absolute atomic E-state index is 12.2. The van der Waals surface area contributed by atoms with Gasteiger partial charge in [-0.15, -0.1) is 0 Å². The molecular formula is C17H14O3. The molecule has 0 fully saturated rings. The average molecular weight is 266 g/mol. The minimum absolute atomic E-state index is 0.0326. The van der Waals surface area contributed by atoms with Crippen molar-refractivity contribution < 1.29 is 14.4 Å². The maximum atomic E-state index is 12.2. The molecule has 0 bridgehead atoms. The Labute approximate surface area is 117 Å². The van der Waals surface area contributed by atoms with Gasteiger partial charge < -0.3 is 0 Å². The van der Waals surface area contributed by atoms with Crippen LogP contribution in [0.5, 0.6) is 0 Å². The SMILES string of the molecule is CC(=O)c1ccc(C(=O)c2ccc(C(C)=O)cc2)cc1. The third-order valence-corrected chi connectivity index (χ3v) is 3.11. The highest BCUT2D eigenvalue weighted by atomic mass is 16.1. The smallest absolute Gasteiger partial charge is 0.193 e. The van der Waals surface area contributed by atoms with E-state index in [1.807, 2.05) is 0 Å². The number of carbonyl (C=O) groups is 3. The lowest BCUT2D eigenvalue weighted by molar-refractivity contribution is 0.100. The minimum atomic E-state index is -0.129. The van der Waals surface area contributed by atoms with E-state index in [0.717, 1.165) is 0 Å². The molecule has 100 valence electrons. The zero-order valence-electron chi connectivity index (χ0n) is 11.3. The van der Waals surface area contributed by atoms with E-state index in [2.05, 4.69) is 0 Å². The number of ketones is 3. The topological polar surface area (TPSA) is 51.2 Å². The highest BCUT2D eigenvalue weighted by molar-refractivity contribution is 6.09. The average Bonchev–Trinajstić information content (AvgIpc) is 2.46. The van der Waals surface area contributed by atoms with E-state index in [9.17, 15) is 14.4 Å². The Bertz CT molecular complexity index is 605. The van der Waals surface area contributed by atoms with Crippen molar-refractivity contribution in [2.45, 2.75) is 13.8 Å². The summed E-state index contributed by atoms with van der Waals surface area (Å²) in [6, 6.07) is 13.1. The van der Waals surface area contributed by atoms with E-state index in [0.29, 0.717) is 22.3 Å². The predicted molar refractivity (Wildman–Crippen MR) is 76.3 cm³/mol. The summed E-state index contributed by atoms with van der Waals surface area (Å²) in [6.07, 6.45) is 0. The van der Waals surface area contributed by atoms with Crippen LogP contribution >= 0.6 is 0 Å². The molecule has 0 atom stereocenters. The lowest BCUT2D eigenvalue weighted by Crippen LogP contribution is -2.03. The van der Waals surface area contributed by atoms with Crippen LogP contribution in [-0.4, -0.2) is 17.3 Å². The quantitative estimate of drug-likeness (QED) is 0.798. The number of Topliss-reactive ketones (excluding diaryl/α,β-unsaturated/α-hetero) is 2. The molecule has 0 amide bonds. The fraction of sp³-hybridized carbons (Fsp3) is 0.118. The first kappa shape index (κ1) is 13.9. The first-order chi connectivity index (χ1) is 9.49. The lowest BCUT2D eigenvalue weighted by Gasteiger charge is -2.03. The van der Waals surface area contributed by atoms with Crippen molar-refractivity contribution >= 4 is 17.3 Å². The fourth-order valence-corrected chi connectivity index (χ4v) is 1.88. The van der Waals surface area contributed by atoms with Crippen LogP contribution in [0.15, 0.2) is 48.5 Å². The minimum Gasteiger partial charge on any atom is -0.295 e. The van der Waals surface area contributed by atoms with Crippen molar-refractivity contribution in [1.29, 1.82) is 0 Å². The molecule has 0 heterocycles. The van der Waals surface area contributed by atoms with Gasteiger partial charge in [-0.25, -0.2) is 0 Å². The summed E-state index contributed by atoms with van der Waals surface area (Å²) in [5, 5.41) is 0. The van der Waals surface area contributed by atoms with Gasteiger partial charge in [0.2, 0.25) is 0 Å². The van der Waals surface area contributed by atoms with Gasteiger partial charge >= 0.3 is 0 Å². The molecule has 3 heteroatoms. The molecule has 2 aromatic rings. The molecule has 0 aliphatic carbocycles. The van der Waals surface area contributed by atoms with E-state index in [-0.39, 0.29) is 17.3 Å². The van der Waals surface area contributed by atoms with Gasteiger partial charge in [-0.1, -0.05) is 48.5 Å². The molecule has 0 spiro atoms. The Kier molecular flexibility index (Phi) is 3.89. The number of carbonyl (C=O) groups excluding carboxylic acids is 3. The number of rotatable bonds is 4. The van der Waals surface area contributed by atoms with Gasteiger partial charge in [-0.3, -0.25) is 14.4 Å². The normalized spacial score (nSPS) is 10.1. The Morgan fingerprint density at radius 2 is 0.800 bits per heavy atom. The third-order valence-electron chi connectivity index (χ3n) is 3.11. The maximum Gasteiger partial charge on any atom is 0.193 e. The summed E-state index contributed by atoms with van der Waals surface area (Å²) in [5.41, 5.74) is 2.19. The van der Waals surface area contributed by atoms with Crippen molar-refractivity contribution in [3.05, 3.63) is 70.8 Å². The predicted octanol–water partition coefficient (Wildman–Crippen LogP) is 3.32. The van der Waals surface area contributed by atoms with Gasteiger partial charge in [0.15, 0.2) is 17.3 Å². The molecule has 20 heavy (non-hydrogen) atoms. The van der Waals surface area contributed by atoms with Crippen molar-refractivity contribution in [3.8, 4) is 0 Å². The van der Waals surface area contributed by atoms with E-state index in [4.69, 9.17) is 0 Å². The molecule has 0 radical (unpaired) electrons. The molecule has 0 unspecified atom stereocenters. The zero-order valence-corrected chi connectivity index (χ0v) is 11.3. The van der Waals surface area contributed by atoms with Crippen LogP contribution in [0.4, 0.5) is 0 Å². The monoisotopic (exact) mass is 266 g/mol. The number of hydrogen-bond donors (Lipinski definition) is 0. The molecule has 2 aromatic carbocycles. The van der Waals surface area contributed by atoms with Gasteiger partial charge in [-0.05, 0) is 13.8 Å². The van der Waals surface area contributed by atoms with Crippen molar-refractivity contribution in [3.63, 3.8) is 0 Å². The van der Waals surface area contributed by atoms with E-state index in [1.54, 1.807) is 48.5 Å². The summed E-state index contributed by atoms with van der Waals surface area (Å²) < 4.78 is 0. The molecule has 2 rings (SSSR count). The second-order valence-electron chi connectivity index (χ2n) is 4.60. The van der Waals surface area contributed by atoms with Crippen LogP contribution in [0, 0.1) is 0 Å². The molecule has 0 saturated carbocycles. The van der Waals surface area contributed by atoms with Crippen molar-refractivity contribution in [2.75, 3.05) is 0 Å². The van der Waals surface area contributed by atoms with Crippen LogP contribution < -0.4 is 0 Å². The molecule has 0 aliphatic rings. The molecule has 0 saturated heterocycles. The Balaban J connectivity index is 2.26. The first-order valence-corrected chi connectivity index (χ1v) is 6.26. The van der Waals surface area contributed by atoms with Gasteiger partial charge in [0.1, 0.15) is 0 Å². The summed E-state index contributed by atoms with van der Waals surface area (Å²) in [7, 11) is 0. The van der Waals surface area contributed by atoms with Crippen LogP contribution in [0.2, 0.25) is 0 Å². The van der Waals surface area contributed by atoms with Crippen LogP contribution in [0.3, 0.4) is 0 Å². The lowest BCUT2D eigenvalue weighted by atomic mass is 10.00. The molecule has 0 N–H and O–H groups in total. The van der Waals surface area contributed by atoms with E-state index < -0.39 is 0 Å². The van der Waals surface area contributed by atoms with Gasteiger partial charge in [0.25, 0.3) is 0 Å². The Hall–Kier alpha value is -2.55. The number of hydrogen-bond acceptors (Lipinski definition) is 3. The van der Waals surface area contributed by atoms with Gasteiger partial charge in [0, 0.05) is 22.3 Å². The van der Waals surface area contributed by atoms with Crippen LogP contribution in [-0.2, 0) is 0 Å². The molecular weight excluding hydrogens is 252 g/mol. The third kappa shape index (κ3) is 2.88. The van der Waals surface area contributed by atoms with Crippen LogP contribution in [0.1, 0.15) is 50.5 Å². The Morgan fingerprint density at radius 1 is 0.550 bits per heavy atom. The molecule has 0 aliphatic heterocycles. The number of benzene rings is 2. The summed E-state index contributed by atoms with van der Waals surface area (Å²) in [4.78, 5) is 34.6. The summed E-state index contributed by atoms with van der Waals surface area (Å²) >= 11 is 0. The van der Waals surface area contributed by atoms with E-state index >= 15 is 0 Å². The Morgan fingerprint density at radius 3 is 1.05 bits per heavy atom.